The summed E-state index contributed by atoms with van der Waals surface area (Å²) < 4.78 is 65.7. The Hall–Kier alpha value is -5.70. The van der Waals surface area contributed by atoms with Gasteiger partial charge in [-0.25, -0.2) is 0 Å². The van der Waals surface area contributed by atoms with Crippen LogP contribution in [0.3, 0.4) is 0 Å². The van der Waals surface area contributed by atoms with Crippen molar-refractivity contribution in [3.63, 3.8) is 0 Å². The molecule has 4 atom stereocenters. The molecule has 1 aliphatic heterocycles. The van der Waals surface area contributed by atoms with Crippen molar-refractivity contribution in [2.75, 3.05) is 170 Å². The van der Waals surface area contributed by atoms with E-state index in [2.05, 4.69) is 47.0 Å². The Morgan fingerprint density at radius 1 is 0.528 bits per heavy atom. The van der Waals surface area contributed by atoms with Gasteiger partial charge in [0.15, 0.2) is 11.4 Å². The molecule has 27 nitrogen and oxygen atoms in total. The third kappa shape index (κ3) is 39.9. The van der Waals surface area contributed by atoms with E-state index in [1.165, 1.54) is 6.33 Å². The standard InChI is InChI=1S/C61H95N9O18S/c71-47-87-44-53-42-64-57(41-59(75)76)58(67-54(43-63-53)45-88-48-72)40-50-11-16-52(17-12-50)68-61(89)62-19-2-1-3-20-77-22-24-79-26-28-81-30-32-83-34-36-85-38-39-86-37-35-84-33-31-82-29-27-80-25-23-78-21-5-8-55(73)6-4-7-56(74)18-13-49-9-14-51(15-10-49)60-69-65-46-66-70-60/h9-12,14-17,46-48,53-54,57-58,63-64,67H,1-8,13,18-45H2,(H,75,76)(H2,62,68,89). The summed E-state index contributed by atoms with van der Waals surface area (Å²) in [6.07, 6.45) is 7.99. The summed E-state index contributed by atoms with van der Waals surface area (Å²) in [7, 11) is 0. The summed E-state index contributed by atoms with van der Waals surface area (Å²) in [5.74, 6) is -0.201. The van der Waals surface area contributed by atoms with E-state index in [-0.39, 0.29) is 49.3 Å². The van der Waals surface area contributed by atoms with Gasteiger partial charge in [0, 0.05) is 81.9 Å². The van der Waals surface area contributed by atoms with Gasteiger partial charge in [-0.2, -0.15) is 0 Å². The van der Waals surface area contributed by atoms with Crippen LogP contribution in [0, 0.1) is 0 Å². The second-order valence-corrected chi connectivity index (χ2v) is 21.0. The molecule has 4 rings (SSSR count). The number of unbranched alkanes of at least 4 members (excludes halogenated alkanes) is 2. The van der Waals surface area contributed by atoms with E-state index >= 15 is 0 Å². The van der Waals surface area contributed by atoms with Gasteiger partial charge in [-0.3, -0.25) is 24.0 Å². The molecule has 0 spiro atoms. The maximum absolute atomic E-state index is 12.3. The molecule has 0 amide bonds. The quantitative estimate of drug-likeness (QED) is 0.0269. The van der Waals surface area contributed by atoms with E-state index < -0.39 is 12.0 Å². The molecular formula is C61H95N9O18S. The van der Waals surface area contributed by atoms with Crippen LogP contribution in [0.2, 0.25) is 0 Å². The maximum Gasteiger partial charge on any atom is 0.304 e. The molecule has 1 aliphatic rings. The number of carboxylic acids is 1. The summed E-state index contributed by atoms with van der Waals surface area (Å²) in [5.41, 5.74) is 3.64. The van der Waals surface area contributed by atoms with Crippen molar-refractivity contribution < 1.29 is 85.9 Å². The number of benzene rings is 2. The lowest BCUT2D eigenvalue weighted by atomic mass is 9.95. The number of aliphatic carboxylic acids is 1. The van der Waals surface area contributed by atoms with E-state index in [4.69, 9.17) is 69.1 Å². The first-order valence-corrected chi connectivity index (χ1v) is 31.2. The predicted molar refractivity (Wildman–Crippen MR) is 331 cm³/mol. The Morgan fingerprint density at radius 2 is 0.989 bits per heavy atom. The molecule has 0 saturated carbocycles. The van der Waals surface area contributed by atoms with Crippen LogP contribution in [0.4, 0.5) is 5.69 Å². The fourth-order valence-electron chi connectivity index (χ4n) is 8.90. The van der Waals surface area contributed by atoms with E-state index in [1.807, 2.05) is 48.5 Å². The van der Waals surface area contributed by atoms with Gasteiger partial charge in [-0.1, -0.05) is 36.4 Å². The first-order chi connectivity index (χ1) is 43.7. The van der Waals surface area contributed by atoms with Crippen LogP contribution < -0.4 is 26.6 Å². The summed E-state index contributed by atoms with van der Waals surface area (Å²) in [5, 5.41) is 42.2. The average molecular weight is 1270 g/mol. The van der Waals surface area contributed by atoms with Crippen LogP contribution in [-0.4, -0.2) is 250 Å². The zero-order valence-electron chi connectivity index (χ0n) is 51.4. The highest BCUT2D eigenvalue weighted by atomic mass is 32.1. The van der Waals surface area contributed by atoms with Gasteiger partial charge in [0.2, 0.25) is 5.82 Å². The van der Waals surface area contributed by atoms with E-state index in [9.17, 15) is 29.1 Å². The highest BCUT2D eigenvalue weighted by molar-refractivity contribution is 7.80. The molecule has 89 heavy (non-hydrogen) atoms. The minimum absolute atomic E-state index is 0.0798. The Labute approximate surface area is 528 Å². The lowest BCUT2D eigenvalue weighted by molar-refractivity contribution is -0.138. The van der Waals surface area contributed by atoms with Gasteiger partial charge in [0.05, 0.1) is 137 Å². The van der Waals surface area contributed by atoms with Crippen molar-refractivity contribution in [1.82, 2.24) is 41.7 Å². The number of Topliss-reactive ketones (excluding diaryl/α,β-unsaturated/α-hetero) is 2. The third-order valence-electron chi connectivity index (χ3n) is 13.6. The molecule has 1 aromatic heterocycles. The number of ether oxygens (including phenoxy) is 12. The molecule has 2 aromatic carbocycles. The van der Waals surface area contributed by atoms with E-state index in [1.54, 1.807) is 0 Å². The molecule has 2 heterocycles. The van der Waals surface area contributed by atoms with Crippen molar-refractivity contribution in [3.8, 4) is 11.4 Å². The number of carbonyl (C=O) groups excluding carboxylic acids is 4. The minimum atomic E-state index is -0.957. The topological polar surface area (TPSA) is 328 Å². The smallest absolute Gasteiger partial charge is 0.304 e. The van der Waals surface area contributed by atoms with Crippen molar-refractivity contribution in [2.24, 2.45) is 0 Å². The van der Waals surface area contributed by atoms with Gasteiger partial charge >= 0.3 is 5.97 Å². The zero-order valence-corrected chi connectivity index (χ0v) is 52.2. The summed E-state index contributed by atoms with van der Waals surface area (Å²) in [6, 6.07) is 14.1. The maximum atomic E-state index is 12.3. The van der Waals surface area contributed by atoms with Crippen LogP contribution in [0.5, 0.6) is 0 Å². The number of ketones is 2. The normalized spacial score (nSPS) is 16.0. The molecule has 498 valence electrons. The molecule has 0 bridgehead atoms. The summed E-state index contributed by atoms with van der Waals surface area (Å²) in [6.45, 7) is 11.9. The van der Waals surface area contributed by atoms with Crippen LogP contribution in [-0.2, 0) is 93.7 Å². The number of hydrogen-bond acceptors (Lipinski definition) is 25. The van der Waals surface area contributed by atoms with E-state index in [0.29, 0.717) is 227 Å². The number of hydrogen-bond donors (Lipinski definition) is 6. The second-order valence-electron chi connectivity index (χ2n) is 20.6. The summed E-state index contributed by atoms with van der Waals surface area (Å²) in [4.78, 5) is 58.2. The number of aryl methyl sites for hydroxylation is 1. The molecule has 0 radical (unpaired) electrons. The predicted octanol–water partition coefficient (Wildman–Crippen LogP) is 2.90. The first kappa shape index (κ1) is 75.8. The molecule has 3 aromatic rings. The fourth-order valence-corrected chi connectivity index (χ4v) is 9.12. The molecule has 0 aliphatic carbocycles. The SMILES string of the molecule is O=COCC1CNC(CC(=O)O)C(Cc2ccc(NC(=S)NCCCCCOCCOCCOCCOCCOCCOCCOCCOCCOCCOCCCC(=O)CCCC(=O)CCc3ccc(-c4nncnn4)cc3)cc2)NC(COC=O)CN1. The van der Waals surface area contributed by atoms with Crippen molar-refractivity contribution in [1.29, 1.82) is 0 Å². The van der Waals surface area contributed by atoms with Crippen LogP contribution in [0.1, 0.15) is 75.3 Å². The lowest BCUT2D eigenvalue weighted by Crippen LogP contribution is -2.54. The zero-order chi connectivity index (χ0) is 63.3. The van der Waals surface area contributed by atoms with Gasteiger partial charge in [0.25, 0.3) is 12.9 Å². The molecular weight excluding hydrogens is 1180 g/mol. The molecule has 28 heteroatoms. The number of nitrogens with one attached hydrogen (secondary N) is 5. The van der Waals surface area contributed by atoms with Gasteiger partial charge in [-0.05, 0) is 80.4 Å². The largest absolute Gasteiger partial charge is 0.481 e. The minimum Gasteiger partial charge on any atom is -0.481 e. The third-order valence-corrected chi connectivity index (χ3v) is 13.8. The van der Waals surface area contributed by atoms with Gasteiger partial charge < -0.3 is 88.5 Å². The van der Waals surface area contributed by atoms with Gasteiger partial charge in [0.1, 0.15) is 24.8 Å². The Balaban J connectivity index is 0.809. The second kappa shape index (κ2) is 52.0. The monoisotopic (exact) mass is 1270 g/mol. The molecule has 1 saturated heterocycles. The molecule has 4 unspecified atom stereocenters. The summed E-state index contributed by atoms with van der Waals surface area (Å²) >= 11 is 5.51. The average Bonchev–Trinajstić information content (AvgIpc) is 3.79. The fraction of sp³-hybridized carbons (Fsp3) is 0.672. The number of anilines is 1. The van der Waals surface area contributed by atoms with Crippen molar-refractivity contribution >= 4 is 53.5 Å². The first-order valence-electron chi connectivity index (χ1n) is 30.8. The number of carbonyl (C=O) groups is 5. The number of rotatable bonds is 56. The highest BCUT2D eigenvalue weighted by Gasteiger charge is 2.30. The lowest BCUT2D eigenvalue weighted by Gasteiger charge is -2.30. The highest BCUT2D eigenvalue weighted by Crippen LogP contribution is 2.17. The van der Waals surface area contributed by atoms with Crippen LogP contribution >= 0.6 is 12.2 Å². The molecule has 6 N–H and O–H groups in total. The van der Waals surface area contributed by atoms with Crippen molar-refractivity contribution in [2.45, 2.75) is 101 Å². The van der Waals surface area contributed by atoms with E-state index in [0.717, 1.165) is 41.6 Å². The Kier molecular flexibility index (Phi) is 44.2. The van der Waals surface area contributed by atoms with Crippen molar-refractivity contribution in [3.05, 3.63) is 66.0 Å². The van der Waals surface area contributed by atoms with Crippen LogP contribution in [0.15, 0.2) is 54.9 Å². The molecule has 1 fully saturated rings. The van der Waals surface area contributed by atoms with Gasteiger partial charge in [-0.15, -0.1) is 20.4 Å². The van der Waals surface area contributed by atoms with Crippen LogP contribution in [0.25, 0.3) is 11.4 Å². The number of nitrogens with zero attached hydrogens (tertiary/aromatic N) is 4. The Morgan fingerprint density at radius 3 is 1.51 bits per heavy atom. The number of aromatic nitrogens is 4. The number of thiocarbonyl (C=S) groups is 1. The number of carboxylic acid groups (broad SMARTS) is 1. The Bertz CT molecular complexity index is 2310.